The molecule has 1 saturated carbocycles. The van der Waals surface area contributed by atoms with E-state index in [9.17, 15) is 4.79 Å². The molecule has 21 heavy (non-hydrogen) atoms. The topological polar surface area (TPSA) is 61.5 Å². The Morgan fingerprint density at radius 3 is 2.33 bits per heavy atom. The Bertz CT molecular complexity index is 448. The quantitative estimate of drug-likeness (QED) is 0.669. The normalized spacial score (nSPS) is 18.0. The molecule has 0 unspecified atom stereocenters. The predicted octanol–water partition coefficient (Wildman–Crippen LogP) is 3.04. The molecule has 0 amide bonds. The van der Waals surface area contributed by atoms with Crippen LogP contribution in [0.25, 0.3) is 0 Å². The summed E-state index contributed by atoms with van der Waals surface area (Å²) in [6, 6.07) is 7.30. The van der Waals surface area contributed by atoms with Crippen molar-refractivity contribution in [3.8, 4) is 0 Å². The molecular formula is C17H25NO3. The Morgan fingerprint density at radius 1 is 1.14 bits per heavy atom. The standard InChI is InChI=1S/C17H25NO3/c1-20-16(19)15-8-6-14(7-9-15)12-21-13-17(18)10-4-2-3-5-11-17/h6-9H,2-5,10-13,18H2,1H3. The zero-order chi connectivity index (χ0) is 15.1. The second kappa shape index (κ2) is 7.57. The van der Waals surface area contributed by atoms with Gasteiger partial charge in [0, 0.05) is 5.54 Å². The number of esters is 1. The molecule has 0 atom stereocenters. The fourth-order valence-electron chi connectivity index (χ4n) is 2.80. The average Bonchev–Trinajstić information content (AvgIpc) is 2.72. The van der Waals surface area contributed by atoms with Gasteiger partial charge in [0.15, 0.2) is 0 Å². The van der Waals surface area contributed by atoms with Gasteiger partial charge in [-0.25, -0.2) is 4.79 Å². The van der Waals surface area contributed by atoms with Crippen LogP contribution in [0.1, 0.15) is 54.4 Å². The summed E-state index contributed by atoms with van der Waals surface area (Å²) in [5, 5.41) is 0. The number of benzene rings is 1. The summed E-state index contributed by atoms with van der Waals surface area (Å²) in [6.45, 7) is 1.13. The second-order valence-corrected chi connectivity index (χ2v) is 5.96. The second-order valence-electron chi connectivity index (χ2n) is 5.96. The van der Waals surface area contributed by atoms with Gasteiger partial charge in [0.05, 0.1) is 25.9 Å². The highest BCUT2D eigenvalue weighted by Crippen LogP contribution is 2.25. The Hall–Kier alpha value is -1.39. The Labute approximate surface area is 126 Å². The lowest BCUT2D eigenvalue weighted by Gasteiger charge is -2.27. The SMILES string of the molecule is COC(=O)c1ccc(COCC2(N)CCCCCC2)cc1. The molecule has 1 aromatic rings. The summed E-state index contributed by atoms with van der Waals surface area (Å²) in [4.78, 5) is 11.3. The summed E-state index contributed by atoms with van der Waals surface area (Å²) in [5.74, 6) is -0.318. The molecule has 0 heterocycles. The van der Waals surface area contributed by atoms with Crippen LogP contribution in [0.5, 0.6) is 0 Å². The van der Waals surface area contributed by atoms with Gasteiger partial charge in [0.1, 0.15) is 0 Å². The van der Waals surface area contributed by atoms with E-state index in [-0.39, 0.29) is 11.5 Å². The van der Waals surface area contributed by atoms with Crippen LogP contribution in [0.4, 0.5) is 0 Å². The van der Waals surface area contributed by atoms with Crippen molar-refractivity contribution in [1.82, 2.24) is 0 Å². The Morgan fingerprint density at radius 2 is 1.76 bits per heavy atom. The summed E-state index contributed by atoms with van der Waals surface area (Å²) < 4.78 is 10.5. The summed E-state index contributed by atoms with van der Waals surface area (Å²) in [7, 11) is 1.38. The maximum Gasteiger partial charge on any atom is 0.337 e. The largest absolute Gasteiger partial charge is 0.465 e. The first-order chi connectivity index (χ1) is 10.1. The first kappa shape index (κ1) is 16.0. The molecule has 0 spiro atoms. The predicted molar refractivity (Wildman–Crippen MR) is 82.1 cm³/mol. The summed E-state index contributed by atoms with van der Waals surface area (Å²) in [5.41, 5.74) is 7.85. The summed E-state index contributed by atoms with van der Waals surface area (Å²) in [6.07, 6.45) is 7.08. The van der Waals surface area contributed by atoms with Gasteiger partial charge in [-0.2, -0.15) is 0 Å². The van der Waals surface area contributed by atoms with Gasteiger partial charge in [0.2, 0.25) is 0 Å². The maximum absolute atomic E-state index is 11.3. The van der Waals surface area contributed by atoms with Crippen molar-refractivity contribution in [3.63, 3.8) is 0 Å². The number of hydrogen-bond acceptors (Lipinski definition) is 4. The third-order valence-electron chi connectivity index (χ3n) is 4.13. The molecule has 0 radical (unpaired) electrons. The number of carbonyl (C=O) groups excluding carboxylic acids is 1. The molecule has 4 nitrogen and oxygen atoms in total. The lowest BCUT2D eigenvalue weighted by molar-refractivity contribution is 0.0599. The molecule has 1 aliphatic carbocycles. The van der Waals surface area contributed by atoms with Gasteiger partial charge in [-0.05, 0) is 30.5 Å². The third kappa shape index (κ3) is 4.83. The third-order valence-corrected chi connectivity index (χ3v) is 4.13. The van der Waals surface area contributed by atoms with Gasteiger partial charge < -0.3 is 15.2 Å². The Kier molecular flexibility index (Phi) is 5.76. The molecular weight excluding hydrogens is 266 g/mol. The lowest BCUT2D eigenvalue weighted by Crippen LogP contribution is -2.43. The van der Waals surface area contributed by atoms with Crippen LogP contribution in [-0.4, -0.2) is 25.2 Å². The minimum absolute atomic E-state index is 0.164. The molecule has 2 N–H and O–H groups in total. The molecule has 0 aliphatic heterocycles. The summed E-state index contributed by atoms with van der Waals surface area (Å²) >= 11 is 0. The van der Waals surface area contributed by atoms with Crippen LogP contribution in [-0.2, 0) is 16.1 Å². The van der Waals surface area contributed by atoms with E-state index < -0.39 is 0 Å². The van der Waals surface area contributed by atoms with Crippen molar-refractivity contribution >= 4 is 5.97 Å². The van der Waals surface area contributed by atoms with E-state index in [1.54, 1.807) is 12.1 Å². The van der Waals surface area contributed by atoms with Crippen LogP contribution in [0.15, 0.2) is 24.3 Å². The van der Waals surface area contributed by atoms with E-state index in [0.29, 0.717) is 18.8 Å². The smallest absolute Gasteiger partial charge is 0.337 e. The highest BCUT2D eigenvalue weighted by atomic mass is 16.5. The molecule has 1 fully saturated rings. The fourth-order valence-corrected chi connectivity index (χ4v) is 2.80. The van der Waals surface area contributed by atoms with Gasteiger partial charge in [-0.3, -0.25) is 0 Å². The van der Waals surface area contributed by atoms with Crippen molar-refractivity contribution in [3.05, 3.63) is 35.4 Å². The van der Waals surface area contributed by atoms with Crippen molar-refractivity contribution < 1.29 is 14.3 Å². The first-order valence-corrected chi connectivity index (χ1v) is 7.67. The van der Waals surface area contributed by atoms with Crippen molar-refractivity contribution in [2.24, 2.45) is 5.73 Å². The zero-order valence-corrected chi connectivity index (χ0v) is 12.8. The molecule has 1 aliphatic rings. The number of carbonyl (C=O) groups is 1. The van der Waals surface area contributed by atoms with Gasteiger partial charge in [0.25, 0.3) is 0 Å². The molecule has 0 saturated heterocycles. The first-order valence-electron chi connectivity index (χ1n) is 7.67. The molecule has 116 valence electrons. The molecule has 0 aromatic heterocycles. The number of methoxy groups -OCH3 is 1. The van der Waals surface area contributed by atoms with Crippen molar-refractivity contribution in [2.45, 2.75) is 50.7 Å². The maximum atomic E-state index is 11.3. The number of hydrogen-bond donors (Lipinski definition) is 1. The van der Waals surface area contributed by atoms with Crippen molar-refractivity contribution in [1.29, 1.82) is 0 Å². The van der Waals surface area contributed by atoms with Crippen LogP contribution < -0.4 is 5.73 Å². The fraction of sp³-hybridized carbons (Fsp3) is 0.588. The molecule has 4 heteroatoms. The molecule has 2 rings (SSSR count). The number of nitrogens with two attached hydrogens (primary N) is 1. The van der Waals surface area contributed by atoms with E-state index in [2.05, 4.69) is 4.74 Å². The minimum atomic E-state index is -0.318. The minimum Gasteiger partial charge on any atom is -0.465 e. The van der Waals surface area contributed by atoms with E-state index >= 15 is 0 Å². The van der Waals surface area contributed by atoms with Gasteiger partial charge >= 0.3 is 5.97 Å². The van der Waals surface area contributed by atoms with Crippen molar-refractivity contribution in [2.75, 3.05) is 13.7 Å². The van der Waals surface area contributed by atoms with Crippen LogP contribution in [0, 0.1) is 0 Å². The molecule has 0 bridgehead atoms. The Balaban J connectivity index is 1.81. The highest BCUT2D eigenvalue weighted by Gasteiger charge is 2.26. The number of ether oxygens (including phenoxy) is 2. The van der Waals surface area contributed by atoms with Gasteiger partial charge in [-0.1, -0.05) is 37.8 Å². The van der Waals surface area contributed by atoms with Crippen LogP contribution >= 0.6 is 0 Å². The lowest BCUT2D eigenvalue weighted by atomic mass is 9.92. The van der Waals surface area contributed by atoms with E-state index in [0.717, 1.165) is 18.4 Å². The number of rotatable bonds is 5. The van der Waals surface area contributed by atoms with Gasteiger partial charge in [-0.15, -0.1) is 0 Å². The van der Waals surface area contributed by atoms with Crippen LogP contribution in [0.3, 0.4) is 0 Å². The average molecular weight is 291 g/mol. The van der Waals surface area contributed by atoms with Crippen LogP contribution in [0.2, 0.25) is 0 Å². The monoisotopic (exact) mass is 291 g/mol. The highest BCUT2D eigenvalue weighted by molar-refractivity contribution is 5.89. The van der Waals surface area contributed by atoms with E-state index in [1.807, 2.05) is 12.1 Å². The zero-order valence-electron chi connectivity index (χ0n) is 12.8. The molecule has 1 aromatic carbocycles. The van der Waals surface area contributed by atoms with E-state index in [1.165, 1.54) is 32.8 Å². The van der Waals surface area contributed by atoms with E-state index in [4.69, 9.17) is 10.5 Å².